The number of benzene rings is 3. The normalized spacial score (nSPS) is 14.2. The number of fused-ring (bicyclic) bond motifs is 1. The van der Waals surface area contributed by atoms with Crippen molar-refractivity contribution in [2.75, 3.05) is 44.7 Å². The highest BCUT2D eigenvalue weighted by Gasteiger charge is 2.25. The third kappa shape index (κ3) is 5.72. The molecule has 1 fully saturated rings. The molecular formula is C29H25F2N5O7. The van der Waals surface area contributed by atoms with E-state index in [9.17, 15) is 30.0 Å². The molecule has 14 heteroatoms. The highest BCUT2D eigenvalue weighted by Crippen LogP contribution is 2.29. The monoisotopic (exact) mass is 593 g/mol. The number of hydrogen-bond acceptors (Lipinski definition) is 9. The zero-order chi connectivity index (χ0) is 30.8. The van der Waals surface area contributed by atoms with Crippen LogP contribution >= 0.6 is 0 Å². The minimum absolute atomic E-state index is 0.0239. The van der Waals surface area contributed by atoms with Crippen LogP contribution in [-0.4, -0.2) is 76.2 Å². The lowest BCUT2D eigenvalue weighted by Gasteiger charge is -2.36. The summed E-state index contributed by atoms with van der Waals surface area (Å²) in [5, 5.41) is 33.4. The van der Waals surface area contributed by atoms with E-state index in [2.05, 4.69) is 5.16 Å². The number of non-ortho nitro benzene ring substituents is 1. The van der Waals surface area contributed by atoms with E-state index < -0.39 is 39.2 Å². The Morgan fingerprint density at radius 2 is 1.70 bits per heavy atom. The predicted molar refractivity (Wildman–Crippen MR) is 153 cm³/mol. The van der Waals surface area contributed by atoms with Crippen molar-refractivity contribution in [3.05, 3.63) is 104 Å². The lowest BCUT2D eigenvalue weighted by atomic mass is 10.1. The summed E-state index contributed by atoms with van der Waals surface area (Å²) in [5.74, 6) is -2.74. The number of oxime groups is 1. The lowest BCUT2D eigenvalue weighted by molar-refractivity contribution is -0.385. The highest BCUT2D eigenvalue weighted by molar-refractivity contribution is 6.01. The second-order valence-corrected chi connectivity index (χ2v) is 9.80. The Bertz CT molecular complexity index is 1820. The summed E-state index contributed by atoms with van der Waals surface area (Å²) in [6, 6.07) is 12.1. The van der Waals surface area contributed by atoms with Gasteiger partial charge in [0, 0.05) is 55.9 Å². The van der Waals surface area contributed by atoms with Crippen molar-refractivity contribution in [3.8, 4) is 11.4 Å². The Kier molecular flexibility index (Phi) is 8.03. The van der Waals surface area contributed by atoms with Gasteiger partial charge < -0.3 is 24.5 Å². The minimum Gasteiger partial charge on any atom is -0.497 e. The largest absolute Gasteiger partial charge is 0.497 e. The molecule has 5 rings (SSSR count). The first-order chi connectivity index (χ1) is 20.6. The number of nitro groups is 1. The van der Waals surface area contributed by atoms with E-state index in [1.54, 1.807) is 36.3 Å². The van der Waals surface area contributed by atoms with Gasteiger partial charge in [0.1, 0.15) is 22.8 Å². The third-order valence-electron chi connectivity index (χ3n) is 7.33. The van der Waals surface area contributed by atoms with E-state index >= 15 is 8.78 Å². The molecule has 4 aromatic rings. The first-order valence-electron chi connectivity index (χ1n) is 13.0. The van der Waals surface area contributed by atoms with Gasteiger partial charge in [0.15, 0.2) is 5.82 Å². The molecule has 1 aliphatic heterocycles. The van der Waals surface area contributed by atoms with Gasteiger partial charge in [-0.1, -0.05) is 5.16 Å². The quantitative estimate of drug-likeness (QED) is 0.134. The molecular weight excluding hydrogens is 568 g/mol. The van der Waals surface area contributed by atoms with Crippen LogP contribution in [0.4, 0.5) is 20.2 Å². The van der Waals surface area contributed by atoms with Crippen molar-refractivity contribution in [2.45, 2.75) is 0 Å². The smallest absolute Gasteiger partial charge is 0.341 e. The first kappa shape index (κ1) is 29.1. The molecule has 0 unspecified atom stereocenters. The van der Waals surface area contributed by atoms with Gasteiger partial charge in [0.05, 0.1) is 35.0 Å². The summed E-state index contributed by atoms with van der Waals surface area (Å²) in [6.07, 6.45) is 0.922. The van der Waals surface area contributed by atoms with E-state index in [-0.39, 0.29) is 22.3 Å². The van der Waals surface area contributed by atoms with E-state index in [0.29, 0.717) is 55.8 Å². The van der Waals surface area contributed by atoms with Gasteiger partial charge in [-0.15, -0.1) is 0 Å². The summed E-state index contributed by atoms with van der Waals surface area (Å²) < 4.78 is 36.8. The molecule has 3 aromatic carbocycles. The number of pyridine rings is 1. The number of aromatic nitrogens is 1. The Morgan fingerprint density at radius 1 is 1.02 bits per heavy atom. The molecule has 0 aliphatic carbocycles. The van der Waals surface area contributed by atoms with Crippen LogP contribution in [0.1, 0.15) is 15.9 Å². The maximum Gasteiger partial charge on any atom is 0.341 e. The number of halogens is 2. The Hall–Kier alpha value is -5.37. The molecule has 0 amide bonds. The number of methoxy groups -OCH3 is 1. The van der Waals surface area contributed by atoms with Crippen molar-refractivity contribution in [2.24, 2.45) is 5.16 Å². The lowest BCUT2D eigenvalue weighted by Crippen LogP contribution is -2.48. The molecule has 0 saturated carbocycles. The molecule has 2 heterocycles. The number of carboxylic acids is 1. The molecule has 1 aromatic heterocycles. The summed E-state index contributed by atoms with van der Waals surface area (Å²) in [7, 11) is 1.55. The molecule has 0 bridgehead atoms. The van der Waals surface area contributed by atoms with E-state index in [4.69, 9.17) is 4.74 Å². The number of nitro benzene ring substituents is 1. The van der Waals surface area contributed by atoms with Gasteiger partial charge >= 0.3 is 5.97 Å². The summed E-state index contributed by atoms with van der Waals surface area (Å²) in [6.45, 7) is 1.97. The van der Waals surface area contributed by atoms with Crippen molar-refractivity contribution in [3.63, 3.8) is 0 Å². The van der Waals surface area contributed by atoms with Crippen LogP contribution in [-0.2, 0) is 0 Å². The van der Waals surface area contributed by atoms with Crippen molar-refractivity contribution in [1.82, 2.24) is 9.47 Å². The maximum absolute atomic E-state index is 15.5. The summed E-state index contributed by atoms with van der Waals surface area (Å²) >= 11 is 0. The zero-order valence-corrected chi connectivity index (χ0v) is 22.7. The van der Waals surface area contributed by atoms with Crippen molar-refractivity contribution in [1.29, 1.82) is 0 Å². The molecule has 0 atom stereocenters. The standard InChI is InChI=1S/C29H25F2N5O7/c1-43-19-5-2-17(3-6-19)24(32-40)16-33-8-10-34(11-9-33)27-14-26-20(13-23(27)31)28(37)21(29(38)39)15-35(26)25-7-4-18(36(41)42)12-22(25)30/h2-7,12-15,40H,8-11,16H2,1H3,(H,38,39)/b32-24+. The zero-order valence-electron chi connectivity index (χ0n) is 22.7. The molecule has 43 heavy (non-hydrogen) atoms. The van der Waals surface area contributed by atoms with Gasteiger partial charge in [-0.25, -0.2) is 13.6 Å². The molecule has 2 N–H and O–H groups in total. The Balaban J connectivity index is 1.46. The van der Waals surface area contributed by atoms with Crippen LogP contribution in [0.15, 0.2) is 70.7 Å². The Morgan fingerprint density at radius 3 is 2.28 bits per heavy atom. The first-order valence-corrected chi connectivity index (χ1v) is 13.0. The van der Waals surface area contributed by atoms with Crippen LogP contribution in [0.25, 0.3) is 16.6 Å². The topological polar surface area (TPSA) is 151 Å². The fraction of sp³-hybridized carbons (Fsp3) is 0.207. The number of carboxylic acid groups (broad SMARTS) is 1. The van der Waals surface area contributed by atoms with Crippen LogP contribution in [0, 0.1) is 21.7 Å². The molecule has 0 spiro atoms. The summed E-state index contributed by atoms with van der Waals surface area (Å²) in [5.41, 5.74) is -1.16. The van der Waals surface area contributed by atoms with Crippen LogP contribution in [0.5, 0.6) is 5.75 Å². The highest BCUT2D eigenvalue weighted by atomic mass is 19.1. The third-order valence-corrected chi connectivity index (χ3v) is 7.33. The number of aromatic carboxylic acids is 1. The Labute approximate surface area is 242 Å². The van der Waals surface area contributed by atoms with Gasteiger partial charge in [-0.05, 0) is 42.5 Å². The van der Waals surface area contributed by atoms with Gasteiger partial charge in [0.25, 0.3) is 5.69 Å². The number of rotatable bonds is 8. The maximum atomic E-state index is 15.5. The van der Waals surface area contributed by atoms with Gasteiger partial charge in [-0.2, -0.15) is 0 Å². The number of hydrogen-bond donors (Lipinski definition) is 2. The van der Waals surface area contributed by atoms with E-state index in [1.807, 2.05) is 4.90 Å². The SMILES string of the molecule is COc1ccc(/C(CN2CCN(c3cc4c(cc3F)c(=O)c(C(=O)O)cn4-c3ccc([N+](=O)[O-])cc3F)CC2)=N/O)cc1. The van der Waals surface area contributed by atoms with Gasteiger partial charge in [-0.3, -0.25) is 19.8 Å². The number of nitrogens with zero attached hydrogens (tertiary/aromatic N) is 5. The number of piperazine rings is 1. The second kappa shape index (κ2) is 11.9. The number of anilines is 1. The van der Waals surface area contributed by atoms with E-state index in [1.165, 1.54) is 6.07 Å². The molecule has 222 valence electrons. The fourth-order valence-corrected chi connectivity index (χ4v) is 5.06. The minimum atomic E-state index is -1.59. The number of carbonyl (C=O) groups is 1. The molecule has 1 aliphatic rings. The van der Waals surface area contributed by atoms with E-state index in [0.717, 1.165) is 29.0 Å². The number of ether oxygens (including phenoxy) is 1. The van der Waals surface area contributed by atoms with Crippen molar-refractivity contribution < 1.29 is 33.5 Å². The fourth-order valence-electron chi connectivity index (χ4n) is 5.06. The molecule has 12 nitrogen and oxygen atoms in total. The molecule has 1 saturated heterocycles. The van der Waals surface area contributed by atoms with Gasteiger partial charge in [0.2, 0.25) is 5.43 Å². The van der Waals surface area contributed by atoms with Crippen LogP contribution in [0.2, 0.25) is 0 Å². The van der Waals surface area contributed by atoms with Crippen molar-refractivity contribution >= 4 is 34.0 Å². The predicted octanol–water partition coefficient (Wildman–Crippen LogP) is 3.88. The average molecular weight is 594 g/mol. The summed E-state index contributed by atoms with van der Waals surface area (Å²) in [4.78, 5) is 38.8. The molecule has 0 radical (unpaired) electrons. The van der Waals surface area contributed by atoms with Crippen LogP contribution < -0.4 is 15.1 Å². The second-order valence-electron chi connectivity index (χ2n) is 9.80. The van der Waals surface area contributed by atoms with Crippen LogP contribution in [0.3, 0.4) is 0 Å². The average Bonchev–Trinajstić information content (AvgIpc) is 3.00.